The third-order valence-corrected chi connectivity index (χ3v) is 3.58. The standard InChI is InChI=1S/C17H20FN/c1-3-13-6-4-5-7-16(13)17(19)11-14-8-9-15(18)10-12(14)2/h4-10,17H,3,11,19H2,1-2H3. The average Bonchev–Trinajstić information content (AvgIpc) is 2.41. The molecule has 19 heavy (non-hydrogen) atoms. The molecular formula is C17H20FN. The molecule has 0 amide bonds. The Morgan fingerprint density at radius 1 is 1.11 bits per heavy atom. The Bertz CT molecular complexity index is 563. The Hall–Kier alpha value is -1.67. The number of halogens is 1. The fourth-order valence-electron chi connectivity index (χ4n) is 2.45. The van der Waals surface area contributed by atoms with Crippen LogP contribution in [0.3, 0.4) is 0 Å². The second kappa shape index (κ2) is 5.98. The highest BCUT2D eigenvalue weighted by atomic mass is 19.1. The van der Waals surface area contributed by atoms with E-state index < -0.39 is 0 Å². The number of nitrogens with two attached hydrogens (primary N) is 1. The summed E-state index contributed by atoms with van der Waals surface area (Å²) in [4.78, 5) is 0. The summed E-state index contributed by atoms with van der Waals surface area (Å²) >= 11 is 0. The van der Waals surface area contributed by atoms with Crippen molar-refractivity contribution in [3.05, 3.63) is 70.5 Å². The summed E-state index contributed by atoms with van der Waals surface area (Å²) in [6, 6.07) is 13.1. The minimum Gasteiger partial charge on any atom is -0.324 e. The molecule has 0 aliphatic heterocycles. The van der Waals surface area contributed by atoms with Gasteiger partial charge >= 0.3 is 0 Å². The van der Waals surface area contributed by atoms with E-state index in [4.69, 9.17) is 5.73 Å². The van der Waals surface area contributed by atoms with Gasteiger partial charge in [-0.3, -0.25) is 0 Å². The smallest absolute Gasteiger partial charge is 0.123 e. The molecule has 1 nitrogen and oxygen atoms in total. The van der Waals surface area contributed by atoms with Gasteiger partial charge in [0.2, 0.25) is 0 Å². The van der Waals surface area contributed by atoms with Crippen LogP contribution in [0.2, 0.25) is 0 Å². The van der Waals surface area contributed by atoms with E-state index in [1.165, 1.54) is 17.2 Å². The van der Waals surface area contributed by atoms with Gasteiger partial charge in [0.25, 0.3) is 0 Å². The Morgan fingerprint density at radius 2 is 1.84 bits per heavy atom. The van der Waals surface area contributed by atoms with E-state index >= 15 is 0 Å². The van der Waals surface area contributed by atoms with E-state index in [9.17, 15) is 4.39 Å². The van der Waals surface area contributed by atoms with Crippen LogP contribution in [0.25, 0.3) is 0 Å². The lowest BCUT2D eigenvalue weighted by Gasteiger charge is -2.17. The molecule has 0 saturated carbocycles. The molecule has 0 aromatic heterocycles. The zero-order valence-corrected chi connectivity index (χ0v) is 11.5. The van der Waals surface area contributed by atoms with Gasteiger partial charge in [0.1, 0.15) is 5.82 Å². The van der Waals surface area contributed by atoms with Crippen LogP contribution in [0.1, 0.15) is 35.2 Å². The summed E-state index contributed by atoms with van der Waals surface area (Å²) in [5, 5.41) is 0. The van der Waals surface area contributed by atoms with Crippen molar-refractivity contribution in [2.45, 2.75) is 32.7 Å². The quantitative estimate of drug-likeness (QED) is 0.882. The van der Waals surface area contributed by atoms with Crippen LogP contribution >= 0.6 is 0 Å². The minimum atomic E-state index is -0.191. The zero-order valence-electron chi connectivity index (χ0n) is 11.5. The molecule has 0 heterocycles. The van der Waals surface area contributed by atoms with Crippen molar-refractivity contribution in [1.82, 2.24) is 0 Å². The van der Waals surface area contributed by atoms with Crippen molar-refractivity contribution >= 4 is 0 Å². The number of hydrogen-bond donors (Lipinski definition) is 1. The van der Waals surface area contributed by atoms with Gasteiger partial charge in [0, 0.05) is 6.04 Å². The summed E-state index contributed by atoms with van der Waals surface area (Å²) in [7, 11) is 0. The van der Waals surface area contributed by atoms with Crippen LogP contribution < -0.4 is 5.73 Å². The second-order valence-corrected chi connectivity index (χ2v) is 4.93. The maximum absolute atomic E-state index is 13.1. The topological polar surface area (TPSA) is 26.0 Å². The molecule has 0 fully saturated rings. The zero-order chi connectivity index (χ0) is 13.8. The SMILES string of the molecule is CCc1ccccc1C(N)Cc1ccc(F)cc1C. The van der Waals surface area contributed by atoms with Crippen LogP contribution in [-0.4, -0.2) is 0 Å². The molecule has 2 rings (SSSR count). The Morgan fingerprint density at radius 3 is 2.53 bits per heavy atom. The van der Waals surface area contributed by atoms with E-state index in [1.54, 1.807) is 6.07 Å². The van der Waals surface area contributed by atoms with Crippen molar-refractivity contribution in [3.63, 3.8) is 0 Å². The summed E-state index contributed by atoms with van der Waals surface area (Å²) in [6.07, 6.45) is 1.72. The molecule has 2 aromatic carbocycles. The van der Waals surface area contributed by atoms with Crippen LogP contribution in [-0.2, 0) is 12.8 Å². The van der Waals surface area contributed by atoms with Crippen LogP contribution in [0.4, 0.5) is 4.39 Å². The van der Waals surface area contributed by atoms with E-state index in [2.05, 4.69) is 19.1 Å². The number of rotatable bonds is 4. The van der Waals surface area contributed by atoms with E-state index in [-0.39, 0.29) is 11.9 Å². The maximum Gasteiger partial charge on any atom is 0.123 e. The van der Waals surface area contributed by atoms with Gasteiger partial charge in [0.05, 0.1) is 0 Å². The molecule has 2 N–H and O–H groups in total. The Labute approximate surface area is 114 Å². The Kier molecular flexibility index (Phi) is 4.33. The van der Waals surface area contributed by atoms with Crippen molar-refractivity contribution in [2.75, 3.05) is 0 Å². The van der Waals surface area contributed by atoms with Crippen molar-refractivity contribution in [3.8, 4) is 0 Å². The fourth-order valence-corrected chi connectivity index (χ4v) is 2.45. The number of hydrogen-bond acceptors (Lipinski definition) is 1. The fraction of sp³-hybridized carbons (Fsp3) is 0.294. The van der Waals surface area contributed by atoms with Crippen LogP contribution in [0.5, 0.6) is 0 Å². The van der Waals surface area contributed by atoms with Gasteiger partial charge in [-0.1, -0.05) is 37.3 Å². The lowest BCUT2D eigenvalue weighted by atomic mass is 9.93. The van der Waals surface area contributed by atoms with Gasteiger partial charge in [-0.2, -0.15) is 0 Å². The third kappa shape index (κ3) is 3.21. The second-order valence-electron chi connectivity index (χ2n) is 4.93. The first kappa shape index (κ1) is 13.8. The van der Waals surface area contributed by atoms with E-state index in [1.807, 2.05) is 25.1 Å². The summed E-state index contributed by atoms with van der Waals surface area (Å²) in [6.45, 7) is 4.06. The van der Waals surface area contributed by atoms with Crippen LogP contribution in [0, 0.1) is 12.7 Å². The molecule has 0 radical (unpaired) electrons. The monoisotopic (exact) mass is 257 g/mol. The molecule has 0 aliphatic rings. The van der Waals surface area contributed by atoms with Gasteiger partial charge in [-0.05, 0) is 54.2 Å². The largest absolute Gasteiger partial charge is 0.324 e. The number of aryl methyl sites for hydroxylation is 2. The molecule has 100 valence electrons. The van der Waals surface area contributed by atoms with Crippen molar-refractivity contribution in [1.29, 1.82) is 0 Å². The minimum absolute atomic E-state index is 0.0414. The van der Waals surface area contributed by atoms with Crippen molar-refractivity contribution < 1.29 is 4.39 Å². The van der Waals surface area contributed by atoms with Gasteiger partial charge in [0.15, 0.2) is 0 Å². The molecule has 0 aliphatic carbocycles. The molecule has 2 aromatic rings. The molecular weight excluding hydrogens is 237 g/mol. The summed E-state index contributed by atoms with van der Waals surface area (Å²) < 4.78 is 13.1. The van der Waals surface area contributed by atoms with Crippen LogP contribution in [0.15, 0.2) is 42.5 Å². The van der Waals surface area contributed by atoms with Gasteiger partial charge in [-0.25, -0.2) is 4.39 Å². The highest BCUT2D eigenvalue weighted by Crippen LogP contribution is 2.22. The molecule has 0 spiro atoms. The highest BCUT2D eigenvalue weighted by molar-refractivity contribution is 5.33. The predicted octanol–water partition coefficient (Wildman–Crippen LogP) is 3.94. The predicted molar refractivity (Wildman–Crippen MR) is 77.6 cm³/mol. The molecule has 1 atom stereocenters. The van der Waals surface area contributed by atoms with Gasteiger partial charge in [-0.15, -0.1) is 0 Å². The molecule has 0 saturated heterocycles. The molecule has 2 heteroatoms. The normalized spacial score (nSPS) is 12.4. The van der Waals surface area contributed by atoms with Crippen molar-refractivity contribution in [2.24, 2.45) is 5.73 Å². The first-order chi connectivity index (χ1) is 9.11. The lowest BCUT2D eigenvalue weighted by molar-refractivity contribution is 0.623. The first-order valence-electron chi connectivity index (χ1n) is 6.70. The van der Waals surface area contributed by atoms with E-state index in [0.717, 1.165) is 24.0 Å². The highest BCUT2D eigenvalue weighted by Gasteiger charge is 2.12. The van der Waals surface area contributed by atoms with Gasteiger partial charge < -0.3 is 5.73 Å². The summed E-state index contributed by atoms with van der Waals surface area (Å²) in [5.74, 6) is -0.191. The lowest BCUT2D eigenvalue weighted by Crippen LogP contribution is -2.16. The molecule has 0 bridgehead atoms. The Balaban J connectivity index is 2.23. The third-order valence-electron chi connectivity index (χ3n) is 3.58. The maximum atomic E-state index is 13.1. The number of benzene rings is 2. The first-order valence-corrected chi connectivity index (χ1v) is 6.70. The average molecular weight is 257 g/mol. The molecule has 1 unspecified atom stereocenters. The summed E-state index contributed by atoms with van der Waals surface area (Å²) in [5.41, 5.74) is 10.9. The van der Waals surface area contributed by atoms with E-state index in [0.29, 0.717) is 0 Å².